The molecule has 1 aliphatic carbocycles. The molecular formula is C15H24N2O2. The molecule has 1 aromatic rings. The SMILES string of the molecule is COCCN(C)CCNC1CCc2cc(O)ccc21. The number of nitrogens with zero attached hydrogens (tertiary/aromatic N) is 1. The van der Waals surface area contributed by atoms with Crippen LogP contribution in [0.4, 0.5) is 0 Å². The van der Waals surface area contributed by atoms with Crippen LogP contribution in [0.25, 0.3) is 0 Å². The molecule has 0 aromatic heterocycles. The third-order valence-electron chi connectivity index (χ3n) is 3.77. The van der Waals surface area contributed by atoms with Gasteiger partial charge < -0.3 is 20.1 Å². The minimum absolute atomic E-state index is 0.374. The van der Waals surface area contributed by atoms with E-state index in [1.807, 2.05) is 12.1 Å². The summed E-state index contributed by atoms with van der Waals surface area (Å²) in [5.74, 6) is 0.374. The first-order valence-electron chi connectivity index (χ1n) is 6.93. The van der Waals surface area contributed by atoms with Gasteiger partial charge in [0, 0.05) is 32.8 Å². The smallest absolute Gasteiger partial charge is 0.115 e. The van der Waals surface area contributed by atoms with Gasteiger partial charge in [-0.2, -0.15) is 0 Å². The molecule has 1 atom stereocenters. The number of rotatable bonds is 7. The van der Waals surface area contributed by atoms with Crippen LogP contribution in [-0.2, 0) is 11.2 Å². The predicted molar refractivity (Wildman–Crippen MR) is 76.5 cm³/mol. The summed E-state index contributed by atoms with van der Waals surface area (Å²) in [5, 5.41) is 13.1. The Kier molecular flexibility index (Phi) is 5.19. The number of nitrogens with one attached hydrogen (secondary N) is 1. The highest BCUT2D eigenvalue weighted by Crippen LogP contribution is 2.32. The Bertz CT molecular complexity index is 409. The lowest BCUT2D eigenvalue weighted by molar-refractivity contribution is 0.161. The van der Waals surface area contributed by atoms with Crippen LogP contribution in [-0.4, -0.2) is 50.4 Å². The molecule has 0 saturated carbocycles. The van der Waals surface area contributed by atoms with Gasteiger partial charge in [0.15, 0.2) is 0 Å². The van der Waals surface area contributed by atoms with E-state index >= 15 is 0 Å². The van der Waals surface area contributed by atoms with Gasteiger partial charge >= 0.3 is 0 Å². The van der Waals surface area contributed by atoms with Crippen molar-refractivity contribution in [3.8, 4) is 5.75 Å². The van der Waals surface area contributed by atoms with E-state index in [1.54, 1.807) is 13.2 Å². The number of phenols is 1. The average Bonchev–Trinajstić information content (AvgIpc) is 2.79. The monoisotopic (exact) mass is 264 g/mol. The number of hydrogen-bond acceptors (Lipinski definition) is 4. The van der Waals surface area contributed by atoms with Crippen LogP contribution >= 0.6 is 0 Å². The number of hydrogen-bond donors (Lipinski definition) is 2. The lowest BCUT2D eigenvalue weighted by Gasteiger charge is -2.19. The number of phenolic OH excluding ortho intramolecular Hbond substituents is 1. The summed E-state index contributed by atoms with van der Waals surface area (Å²) >= 11 is 0. The number of methoxy groups -OCH3 is 1. The first kappa shape index (κ1) is 14.3. The van der Waals surface area contributed by atoms with Crippen LogP contribution in [0.3, 0.4) is 0 Å². The zero-order valence-electron chi connectivity index (χ0n) is 11.9. The third kappa shape index (κ3) is 3.93. The van der Waals surface area contributed by atoms with E-state index in [0.717, 1.165) is 39.1 Å². The quantitative estimate of drug-likeness (QED) is 0.784. The molecule has 4 heteroatoms. The highest BCUT2D eigenvalue weighted by atomic mass is 16.5. The van der Waals surface area contributed by atoms with Crippen LogP contribution in [0, 0.1) is 0 Å². The number of ether oxygens (including phenoxy) is 1. The number of aryl methyl sites for hydroxylation is 1. The van der Waals surface area contributed by atoms with Gasteiger partial charge in [-0.25, -0.2) is 0 Å². The van der Waals surface area contributed by atoms with Gasteiger partial charge in [0.1, 0.15) is 5.75 Å². The van der Waals surface area contributed by atoms with E-state index in [9.17, 15) is 5.11 Å². The minimum atomic E-state index is 0.374. The Morgan fingerprint density at radius 3 is 3.05 bits per heavy atom. The Morgan fingerprint density at radius 1 is 1.42 bits per heavy atom. The van der Waals surface area contributed by atoms with Gasteiger partial charge in [-0.05, 0) is 43.1 Å². The summed E-state index contributed by atoms with van der Waals surface area (Å²) in [5.41, 5.74) is 2.63. The first-order chi connectivity index (χ1) is 9.20. The second kappa shape index (κ2) is 6.89. The molecule has 0 aliphatic heterocycles. The molecule has 0 saturated heterocycles. The van der Waals surface area contributed by atoms with Crippen molar-refractivity contribution < 1.29 is 9.84 Å². The molecule has 0 spiro atoms. The second-order valence-corrected chi connectivity index (χ2v) is 5.22. The molecular weight excluding hydrogens is 240 g/mol. The molecule has 106 valence electrons. The Hall–Kier alpha value is -1.10. The van der Waals surface area contributed by atoms with Crippen LogP contribution in [0.15, 0.2) is 18.2 Å². The highest BCUT2D eigenvalue weighted by Gasteiger charge is 2.21. The first-order valence-corrected chi connectivity index (χ1v) is 6.93. The fourth-order valence-electron chi connectivity index (χ4n) is 2.60. The third-order valence-corrected chi connectivity index (χ3v) is 3.77. The number of benzene rings is 1. The van der Waals surface area contributed by atoms with Gasteiger partial charge in [-0.15, -0.1) is 0 Å². The van der Waals surface area contributed by atoms with Crippen LogP contribution in [0.5, 0.6) is 5.75 Å². The van der Waals surface area contributed by atoms with Gasteiger partial charge in [0.05, 0.1) is 6.61 Å². The molecule has 19 heavy (non-hydrogen) atoms. The minimum Gasteiger partial charge on any atom is -0.508 e. The van der Waals surface area contributed by atoms with Crippen LogP contribution in [0.1, 0.15) is 23.6 Å². The maximum atomic E-state index is 9.48. The van der Waals surface area contributed by atoms with Gasteiger partial charge in [-0.1, -0.05) is 6.07 Å². The summed E-state index contributed by atoms with van der Waals surface area (Å²) in [4.78, 5) is 2.27. The van der Waals surface area contributed by atoms with E-state index in [-0.39, 0.29) is 0 Å². The molecule has 0 fully saturated rings. The van der Waals surface area contributed by atoms with Crippen molar-refractivity contribution in [1.29, 1.82) is 0 Å². The lowest BCUT2D eigenvalue weighted by Crippen LogP contribution is -2.32. The molecule has 2 rings (SSSR count). The van der Waals surface area contributed by atoms with Crippen molar-refractivity contribution in [2.24, 2.45) is 0 Å². The van der Waals surface area contributed by atoms with Crippen molar-refractivity contribution in [1.82, 2.24) is 10.2 Å². The van der Waals surface area contributed by atoms with Crippen molar-refractivity contribution in [3.05, 3.63) is 29.3 Å². The molecule has 2 N–H and O–H groups in total. The molecule has 0 heterocycles. The number of fused-ring (bicyclic) bond motifs is 1. The molecule has 1 unspecified atom stereocenters. The number of aromatic hydroxyl groups is 1. The molecule has 1 aliphatic rings. The van der Waals surface area contributed by atoms with Gasteiger partial charge in [-0.3, -0.25) is 0 Å². The van der Waals surface area contributed by atoms with E-state index in [0.29, 0.717) is 11.8 Å². The average molecular weight is 264 g/mol. The molecule has 0 amide bonds. The van der Waals surface area contributed by atoms with E-state index in [1.165, 1.54) is 11.1 Å². The molecule has 1 aromatic carbocycles. The molecule has 4 nitrogen and oxygen atoms in total. The normalized spacial score (nSPS) is 17.9. The maximum absolute atomic E-state index is 9.48. The van der Waals surface area contributed by atoms with E-state index in [4.69, 9.17) is 4.74 Å². The number of likely N-dealkylation sites (N-methyl/N-ethyl adjacent to an activating group) is 1. The summed E-state index contributed by atoms with van der Waals surface area (Å²) in [6.45, 7) is 3.74. The van der Waals surface area contributed by atoms with Crippen molar-refractivity contribution >= 4 is 0 Å². The van der Waals surface area contributed by atoms with Crippen molar-refractivity contribution in [2.45, 2.75) is 18.9 Å². The van der Waals surface area contributed by atoms with Crippen molar-refractivity contribution in [3.63, 3.8) is 0 Å². The van der Waals surface area contributed by atoms with E-state index < -0.39 is 0 Å². The predicted octanol–water partition coefficient (Wildman–Crippen LogP) is 1.55. The van der Waals surface area contributed by atoms with Crippen LogP contribution in [0.2, 0.25) is 0 Å². The lowest BCUT2D eigenvalue weighted by atomic mass is 10.1. The highest BCUT2D eigenvalue weighted by molar-refractivity contribution is 5.39. The largest absolute Gasteiger partial charge is 0.508 e. The summed E-state index contributed by atoms with van der Waals surface area (Å²) in [7, 11) is 3.85. The van der Waals surface area contributed by atoms with E-state index in [2.05, 4.69) is 17.3 Å². The van der Waals surface area contributed by atoms with Crippen LogP contribution < -0.4 is 5.32 Å². The summed E-state index contributed by atoms with van der Waals surface area (Å²) in [6.07, 6.45) is 2.18. The topological polar surface area (TPSA) is 44.7 Å². The maximum Gasteiger partial charge on any atom is 0.115 e. The van der Waals surface area contributed by atoms with Gasteiger partial charge in [0.2, 0.25) is 0 Å². The molecule has 0 radical (unpaired) electrons. The fraction of sp³-hybridized carbons (Fsp3) is 0.600. The Morgan fingerprint density at radius 2 is 2.26 bits per heavy atom. The standard InChI is InChI=1S/C15H24N2O2/c1-17(9-10-19-2)8-7-16-15-6-3-12-11-13(18)4-5-14(12)15/h4-5,11,15-16,18H,3,6-10H2,1-2H3. The van der Waals surface area contributed by atoms with Crippen molar-refractivity contribution in [2.75, 3.05) is 40.4 Å². The Labute approximate surface area is 115 Å². The second-order valence-electron chi connectivity index (χ2n) is 5.22. The Balaban J connectivity index is 1.77. The molecule has 0 bridgehead atoms. The zero-order valence-corrected chi connectivity index (χ0v) is 11.9. The summed E-state index contributed by atoms with van der Waals surface area (Å²) < 4.78 is 5.06. The zero-order chi connectivity index (χ0) is 13.7. The summed E-state index contributed by atoms with van der Waals surface area (Å²) in [6, 6.07) is 6.15. The fourth-order valence-corrected chi connectivity index (χ4v) is 2.60. The van der Waals surface area contributed by atoms with Gasteiger partial charge in [0.25, 0.3) is 0 Å².